The number of nitrogens with zero attached hydrogens (tertiary/aromatic N) is 2. The van der Waals surface area contributed by atoms with Crippen molar-refractivity contribution in [1.82, 2.24) is 15.1 Å². The molecule has 0 saturated carbocycles. The average molecular weight is 440 g/mol. The van der Waals surface area contributed by atoms with Crippen molar-refractivity contribution in [3.05, 3.63) is 83.7 Å². The van der Waals surface area contributed by atoms with E-state index in [2.05, 4.69) is 34.7 Å². The van der Waals surface area contributed by atoms with Crippen LogP contribution in [0.5, 0.6) is 5.75 Å². The number of amides is 1. The van der Waals surface area contributed by atoms with Gasteiger partial charge in [-0.2, -0.15) is 5.10 Å². The van der Waals surface area contributed by atoms with Crippen molar-refractivity contribution in [3.8, 4) is 5.75 Å². The summed E-state index contributed by atoms with van der Waals surface area (Å²) in [7, 11) is 0. The number of hydrogen-bond donors (Lipinski definition) is 1. The van der Waals surface area contributed by atoms with E-state index in [4.69, 9.17) is 4.74 Å². The van der Waals surface area contributed by atoms with E-state index >= 15 is 0 Å². The van der Waals surface area contributed by atoms with E-state index in [9.17, 15) is 4.79 Å². The van der Waals surface area contributed by atoms with Gasteiger partial charge in [0, 0.05) is 18.9 Å². The number of aromatic nitrogens is 2. The van der Waals surface area contributed by atoms with Gasteiger partial charge in [0.15, 0.2) is 6.61 Å². The van der Waals surface area contributed by atoms with Crippen LogP contribution in [0.2, 0.25) is 0 Å². The Hall–Kier alpha value is -2.38. The number of benzene rings is 2. The molecular weight excluding hydrogens is 414 g/mol. The van der Waals surface area contributed by atoms with Crippen LogP contribution >= 0.6 is 23.5 Å². The lowest BCUT2D eigenvalue weighted by molar-refractivity contribution is -0.123. The van der Waals surface area contributed by atoms with E-state index in [0.717, 1.165) is 17.9 Å². The summed E-state index contributed by atoms with van der Waals surface area (Å²) in [5, 5.41) is 7.12. The third kappa shape index (κ3) is 6.06. The van der Waals surface area contributed by atoms with E-state index in [1.165, 1.54) is 29.1 Å². The maximum atomic E-state index is 12.1. The minimum absolute atomic E-state index is 0.0175. The number of hydrogen-bond acceptors (Lipinski definition) is 5. The van der Waals surface area contributed by atoms with Gasteiger partial charge in [-0.05, 0) is 52.8 Å². The second-order valence-electron chi connectivity index (χ2n) is 7.08. The number of nitrogens with one attached hydrogen (secondary N) is 1. The van der Waals surface area contributed by atoms with Gasteiger partial charge in [0.05, 0.1) is 11.1 Å². The fraction of sp³-hybridized carbons (Fsp3) is 0.304. The van der Waals surface area contributed by atoms with Crippen LogP contribution in [0.3, 0.4) is 0 Å². The highest BCUT2D eigenvalue weighted by atomic mass is 32.2. The lowest BCUT2D eigenvalue weighted by Gasteiger charge is -2.21. The van der Waals surface area contributed by atoms with Gasteiger partial charge in [-0.1, -0.05) is 36.4 Å². The molecule has 0 unspecified atom stereocenters. The van der Waals surface area contributed by atoms with Crippen LogP contribution < -0.4 is 10.1 Å². The lowest BCUT2D eigenvalue weighted by Crippen LogP contribution is -2.28. The van der Waals surface area contributed by atoms with Crippen LogP contribution in [0.25, 0.3) is 0 Å². The Bertz CT molecular complexity index is 922. The Balaban J connectivity index is 1.19. The van der Waals surface area contributed by atoms with Gasteiger partial charge in [-0.25, -0.2) is 0 Å². The Morgan fingerprint density at radius 2 is 1.80 bits per heavy atom. The fourth-order valence-corrected chi connectivity index (χ4v) is 6.04. The second kappa shape index (κ2) is 10.6. The molecule has 1 aliphatic heterocycles. The molecule has 7 heteroatoms. The number of rotatable bonds is 8. The van der Waals surface area contributed by atoms with Gasteiger partial charge < -0.3 is 10.1 Å². The van der Waals surface area contributed by atoms with E-state index in [1.54, 1.807) is 6.20 Å². The molecule has 1 fully saturated rings. The first-order valence-electron chi connectivity index (χ1n) is 10.0. The molecule has 5 nitrogen and oxygen atoms in total. The van der Waals surface area contributed by atoms with Crippen molar-refractivity contribution >= 4 is 29.4 Å². The molecule has 1 aromatic heterocycles. The molecule has 1 aliphatic rings. The summed E-state index contributed by atoms with van der Waals surface area (Å²) in [6.45, 7) is 1.24. The molecule has 0 radical (unpaired) electrons. The van der Waals surface area contributed by atoms with E-state index in [-0.39, 0.29) is 12.5 Å². The van der Waals surface area contributed by atoms with Crippen LogP contribution in [0.15, 0.2) is 67.0 Å². The van der Waals surface area contributed by atoms with Crippen LogP contribution in [0.4, 0.5) is 0 Å². The Labute approximate surface area is 185 Å². The second-order valence-corrected chi connectivity index (χ2v) is 9.81. The molecule has 1 amide bonds. The first kappa shape index (κ1) is 20.9. The molecule has 0 spiro atoms. The normalized spacial score (nSPS) is 14.4. The standard InChI is InChI=1S/C23H25N3O2S2/c27-22(17-28-21-9-7-20(8-10-21)23-29-13-2-14-30-23)24-15-18-3-5-19(6-4-18)16-26-12-1-11-25-26/h1,3-12,23H,2,13-17H2,(H,24,27). The topological polar surface area (TPSA) is 56.1 Å². The highest BCUT2D eigenvalue weighted by molar-refractivity contribution is 8.16. The van der Waals surface area contributed by atoms with E-state index < -0.39 is 0 Å². The smallest absolute Gasteiger partial charge is 0.258 e. The molecule has 4 rings (SSSR count). The van der Waals surface area contributed by atoms with Gasteiger partial charge in [0.1, 0.15) is 5.75 Å². The molecule has 2 heterocycles. The quantitative estimate of drug-likeness (QED) is 0.560. The van der Waals surface area contributed by atoms with Crippen LogP contribution in [-0.2, 0) is 17.9 Å². The number of carbonyl (C=O) groups excluding carboxylic acids is 1. The molecule has 1 saturated heterocycles. The highest BCUT2D eigenvalue weighted by Crippen LogP contribution is 2.43. The lowest BCUT2D eigenvalue weighted by atomic mass is 10.1. The molecule has 1 N–H and O–H groups in total. The molecule has 0 aliphatic carbocycles. The first-order chi connectivity index (χ1) is 14.8. The van der Waals surface area contributed by atoms with E-state index in [0.29, 0.717) is 11.1 Å². The largest absolute Gasteiger partial charge is 0.484 e. The maximum Gasteiger partial charge on any atom is 0.258 e. The van der Waals surface area contributed by atoms with Crippen molar-refractivity contribution in [2.45, 2.75) is 24.1 Å². The minimum Gasteiger partial charge on any atom is -0.484 e. The predicted molar refractivity (Wildman–Crippen MR) is 124 cm³/mol. The zero-order valence-electron chi connectivity index (χ0n) is 16.7. The van der Waals surface area contributed by atoms with Crippen LogP contribution in [0, 0.1) is 0 Å². The number of carbonyl (C=O) groups is 1. The summed E-state index contributed by atoms with van der Waals surface area (Å²) in [6, 6.07) is 18.2. The third-order valence-corrected chi connectivity index (χ3v) is 7.78. The molecule has 3 aromatic rings. The predicted octanol–water partition coefficient (Wildman–Crippen LogP) is 4.50. The monoisotopic (exact) mass is 439 g/mol. The summed E-state index contributed by atoms with van der Waals surface area (Å²) in [5.74, 6) is 3.05. The molecule has 0 bridgehead atoms. The zero-order chi connectivity index (χ0) is 20.6. The molecule has 30 heavy (non-hydrogen) atoms. The molecular formula is C23H25N3O2S2. The van der Waals surface area contributed by atoms with Gasteiger partial charge >= 0.3 is 0 Å². The average Bonchev–Trinajstić information content (AvgIpc) is 3.31. The number of thioether (sulfide) groups is 2. The van der Waals surface area contributed by atoms with Gasteiger partial charge in [0.25, 0.3) is 5.91 Å². The fourth-order valence-electron chi connectivity index (χ4n) is 3.15. The molecule has 2 aromatic carbocycles. The highest BCUT2D eigenvalue weighted by Gasteiger charge is 2.16. The zero-order valence-corrected chi connectivity index (χ0v) is 18.3. The van der Waals surface area contributed by atoms with Gasteiger partial charge in [-0.3, -0.25) is 9.48 Å². The first-order valence-corrected chi connectivity index (χ1v) is 12.1. The number of ether oxygens (including phenoxy) is 1. The van der Waals surface area contributed by atoms with Gasteiger partial charge in [-0.15, -0.1) is 23.5 Å². The summed E-state index contributed by atoms with van der Waals surface area (Å²) >= 11 is 4.00. The summed E-state index contributed by atoms with van der Waals surface area (Å²) in [5.41, 5.74) is 3.54. The maximum absolute atomic E-state index is 12.1. The van der Waals surface area contributed by atoms with Crippen molar-refractivity contribution in [2.24, 2.45) is 0 Å². The molecule has 156 valence electrons. The third-order valence-electron chi connectivity index (χ3n) is 4.77. The van der Waals surface area contributed by atoms with Crippen LogP contribution in [-0.4, -0.2) is 33.8 Å². The van der Waals surface area contributed by atoms with Crippen molar-refractivity contribution in [1.29, 1.82) is 0 Å². The summed E-state index contributed by atoms with van der Waals surface area (Å²) < 4.78 is 8.04. The SMILES string of the molecule is O=C(COc1ccc(C2SCCCS2)cc1)NCc1ccc(Cn2cccn2)cc1. The minimum atomic E-state index is -0.127. The van der Waals surface area contributed by atoms with E-state index in [1.807, 2.05) is 64.7 Å². The molecule has 0 atom stereocenters. The van der Waals surface area contributed by atoms with Gasteiger partial charge in [0.2, 0.25) is 0 Å². The van der Waals surface area contributed by atoms with Crippen molar-refractivity contribution < 1.29 is 9.53 Å². The Morgan fingerprint density at radius 1 is 1.07 bits per heavy atom. The van der Waals surface area contributed by atoms with Crippen molar-refractivity contribution in [2.75, 3.05) is 18.1 Å². The summed E-state index contributed by atoms with van der Waals surface area (Å²) in [4.78, 5) is 12.1. The van der Waals surface area contributed by atoms with Crippen molar-refractivity contribution in [3.63, 3.8) is 0 Å². The van der Waals surface area contributed by atoms with Crippen LogP contribution in [0.1, 0.15) is 27.7 Å². The Kier molecular flexibility index (Phi) is 7.37. The summed E-state index contributed by atoms with van der Waals surface area (Å²) in [6.07, 6.45) is 5.00. The Morgan fingerprint density at radius 3 is 2.50 bits per heavy atom.